The van der Waals surface area contributed by atoms with Crippen LogP contribution in [0.25, 0.3) is 11.3 Å². The van der Waals surface area contributed by atoms with Gasteiger partial charge in [0.1, 0.15) is 21.9 Å². The number of rotatable bonds is 5. The van der Waals surface area contributed by atoms with Crippen LogP contribution in [0.1, 0.15) is 49.9 Å². The lowest BCUT2D eigenvalue weighted by Gasteiger charge is -2.44. The highest BCUT2D eigenvalue weighted by atomic mass is 35.5. The fourth-order valence-corrected chi connectivity index (χ4v) is 4.95. The number of aromatic nitrogens is 1. The molecule has 1 amide bonds. The average Bonchev–Trinajstić information content (AvgIpc) is 3.21. The van der Waals surface area contributed by atoms with E-state index in [1.807, 2.05) is 24.3 Å². The first-order valence-electron chi connectivity index (χ1n) is 12.0. The molecule has 1 aliphatic heterocycles. The number of aliphatic hydroxyl groups is 1. The number of carbonyl (C=O) groups is 1. The van der Waals surface area contributed by atoms with Crippen LogP contribution in [0, 0.1) is 11.6 Å². The Kier molecular flexibility index (Phi) is 7.60. The van der Waals surface area contributed by atoms with Gasteiger partial charge in [-0.3, -0.25) is 0 Å². The summed E-state index contributed by atoms with van der Waals surface area (Å²) in [6.45, 7) is 5.75. The number of nitrogens with zero attached hydrogens (tertiary/aromatic N) is 2. The Morgan fingerprint density at radius 3 is 2.68 bits per heavy atom. The first-order chi connectivity index (χ1) is 17.4. The van der Waals surface area contributed by atoms with Crippen molar-refractivity contribution in [3.8, 4) is 11.3 Å². The molecular formula is C27H30ClF2N3O4. The maximum Gasteiger partial charge on any atom is 0.410 e. The van der Waals surface area contributed by atoms with Crippen molar-refractivity contribution >= 4 is 17.7 Å². The van der Waals surface area contributed by atoms with E-state index in [0.717, 1.165) is 17.7 Å². The van der Waals surface area contributed by atoms with E-state index in [0.29, 0.717) is 24.3 Å². The van der Waals surface area contributed by atoms with Gasteiger partial charge in [-0.25, -0.2) is 13.6 Å². The molecule has 0 radical (unpaired) electrons. The molecule has 0 unspecified atom stereocenters. The number of nitrogens with two attached hydrogens (primary N) is 1. The second-order valence-electron chi connectivity index (χ2n) is 10.2. The number of piperidine rings is 1. The third-order valence-corrected chi connectivity index (χ3v) is 6.84. The lowest BCUT2D eigenvalue weighted by atomic mass is 9.74. The first kappa shape index (κ1) is 27.0. The number of ether oxygens (including phenoxy) is 1. The van der Waals surface area contributed by atoms with Crippen molar-refractivity contribution in [2.45, 2.75) is 50.7 Å². The van der Waals surface area contributed by atoms with Gasteiger partial charge in [-0.1, -0.05) is 47.1 Å². The summed E-state index contributed by atoms with van der Waals surface area (Å²) in [5.74, 6) is -2.76. The fraction of sp³-hybridized carbons (Fsp3) is 0.407. The number of hydrogen-bond donors (Lipinski definition) is 2. The molecule has 3 N–H and O–H groups in total. The minimum Gasteiger partial charge on any atom is -0.444 e. The average molecular weight is 534 g/mol. The maximum atomic E-state index is 14.2. The van der Waals surface area contributed by atoms with Crippen molar-refractivity contribution in [3.63, 3.8) is 0 Å². The molecule has 1 aromatic heterocycles. The van der Waals surface area contributed by atoms with Crippen molar-refractivity contribution in [1.29, 1.82) is 0 Å². The van der Waals surface area contributed by atoms with Crippen molar-refractivity contribution < 1.29 is 27.9 Å². The quantitative estimate of drug-likeness (QED) is 0.456. The van der Waals surface area contributed by atoms with Gasteiger partial charge in [0.05, 0.1) is 5.92 Å². The Bertz CT molecular complexity index is 1290. The van der Waals surface area contributed by atoms with Gasteiger partial charge in [-0.2, -0.15) is 0 Å². The number of carbonyl (C=O) groups excluding carboxylic acids is 1. The van der Waals surface area contributed by atoms with Gasteiger partial charge in [-0.15, -0.1) is 0 Å². The van der Waals surface area contributed by atoms with Crippen molar-refractivity contribution in [2.75, 3.05) is 19.6 Å². The summed E-state index contributed by atoms with van der Waals surface area (Å²) in [5, 5.41) is 16.3. The number of likely N-dealkylation sites (tertiary alicyclic amines) is 1. The van der Waals surface area contributed by atoms with Crippen LogP contribution in [0.4, 0.5) is 13.6 Å². The molecule has 2 atom stereocenters. The molecule has 37 heavy (non-hydrogen) atoms. The lowest BCUT2D eigenvalue weighted by molar-refractivity contribution is -0.0545. The first-order valence-corrected chi connectivity index (χ1v) is 12.4. The zero-order valence-corrected chi connectivity index (χ0v) is 21.7. The van der Waals surface area contributed by atoms with Crippen molar-refractivity contribution in [1.82, 2.24) is 10.1 Å². The monoisotopic (exact) mass is 533 g/mol. The molecule has 2 heterocycles. The molecule has 2 aromatic carbocycles. The molecule has 10 heteroatoms. The zero-order valence-electron chi connectivity index (χ0n) is 20.9. The highest BCUT2D eigenvalue weighted by Gasteiger charge is 2.48. The van der Waals surface area contributed by atoms with E-state index < -0.39 is 34.8 Å². The van der Waals surface area contributed by atoms with Crippen LogP contribution in [0.15, 0.2) is 47.0 Å². The Labute approximate surface area is 219 Å². The number of halogens is 3. The Morgan fingerprint density at radius 1 is 1.27 bits per heavy atom. The summed E-state index contributed by atoms with van der Waals surface area (Å²) in [7, 11) is 0. The molecule has 0 bridgehead atoms. The predicted molar refractivity (Wildman–Crippen MR) is 135 cm³/mol. The third-order valence-electron chi connectivity index (χ3n) is 6.48. The van der Waals surface area contributed by atoms with Crippen LogP contribution < -0.4 is 5.73 Å². The van der Waals surface area contributed by atoms with Gasteiger partial charge < -0.3 is 25.0 Å². The van der Waals surface area contributed by atoms with Crippen LogP contribution in [0.2, 0.25) is 5.02 Å². The van der Waals surface area contributed by atoms with E-state index >= 15 is 0 Å². The highest BCUT2D eigenvalue weighted by Crippen LogP contribution is 2.47. The predicted octanol–water partition coefficient (Wildman–Crippen LogP) is 5.39. The summed E-state index contributed by atoms with van der Waals surface area (Å²) in [6.07, 6.45) is 0.0134. The van der Waals surface area contributed by atoms with E-state index in [9.17, 15) is 18.7 Å². The third kappa shape index (κ3) is 5.49. The summed E-state index contributed by atoms with van der Waals surface area (Å²) in [6, 6.07) is 10.7. The Balaban J connectivity index is 1.79. The van der Waals surface area contributed by atoms with Gasteiger partial charge in [-0.05, 0) is 63.4 Å². The van der Waals surface area contributed by atoms with Crippen LogP contribution in [-0.4, -0.2) is 46.5 Å². The lowest BCUT2D eigenvalue weighted by Crippen LogP contribution is -2.51. The van der Waals surface area contributed by atoms with E-state index in [-0.39, 0.29) is 35.8 Å². The zero-order chi connectivity index (χ0) is 27.0. The largest absolute Gasteiger partial charge is 0.444 e. The fourth-order valence-electron chi connectivity index (χ4n) is 4.65. The molecule has 3 aromatic rings. The molecule has 0 saturated carbocycles. The number of hydrogen-bond acceptors (Lipinski definition) is 6. The van der Waals surface area contributed by atoms with Gasteiger partial charge in [0.25, 0.3) is 0 Å². The van der Waals surface area contributed by atoms with Crippen LogP contribution in [0.3, 0.4) is 0 Å². The van der Waals surface area contributed by atoms with E-state index in [1.54, 1.807) is 20.8 Å². The molecule has 1 saturated heterocycles. The molecule has 7 nitrogen and oxygen atoms in total. The SMILES string of the molecule is CC(C)(C)OC(=O)N1CC[C@](O)(c2ccc(F)c(F)c2)[C@@H](c2noc(-c3ccccc3CCN)c2Cl)C1. The normalized spacial score (nSPS) is 20.2. The minimum absolute atomic E-state index is 0.00423. The molecule has 198 valence electrons. The van der Waals surface area contributed by atoms with Gasteiger partial charge in [0.2, 0.25) is 0 Å². The summed E-state index contributed by atoms with van der Waals surface area (Å²) >= 11 is 6.80. The smallest absolute Gasteiger partial charge is 0.410 e. The summed E-state index contributed by atoms with van der Waals surface area (Å²) in [5.41, 5.74) is 5.25. The van der Waals surface area contributed by atoms with Crippen LogP contribution in [0.5, 0.6) is 0 Å². The van der Waals surface area contributed by atoms with Gasteiger partial charge >= 0.3 is 6.09 Å². The molecular weight excluding hydrogens is 504 g/mol. The molecule has 1 fully saturated rings. The van der Waals surface area contributed by atoms with E-state index in [4.69, 9.17) is 26.6 Å². The van der Waals surface area contributed by atoms with Gasteiger partial charge in [0.15, 0.2) is 17.4 Å². The maximum absolute atomic E-state index is 14.2. The van der Waals surface area contributed by atoms with Gasteiger partial charge in [0, 0.05) is 18.7 Å². The summed E-state index contributed by atoms with van der Waals surface area (Å²) < 4.78 is 39.1. The Morgan fingerprint density at radius 2 is 2.00 bits per heavy atom. The van der Waals surface area contributed by atoms with Crippen molar-refractivity contribution in [2.24, 2.45) is 5.73 Å². The molecule has 0 aliphatic carbocycles. The van der Waals surface area contributed by atoms with Crippen LogP contribution in [-0.2, 0) is 16.8 Å². The Hall–Kier alpha value is -3.01. The molecule has 0 spiro atoms. The highest BCUT2D eigenvalue weighted by molar-refractivity contribution is 6.33. The summed E-state index contributed by atoms with van der Waals surface area (Å²) in [4.78, 5) is 14.3. The van der Waals surface area contributed by atoms with E-state index in [1.165, 1.54) is 11.0 Å². The number of benzene rings is 2. The van der Waals surface area contributed by atoms with Crippen molar-refractivity contribution in [3.05, 3.63) is 75.9 Å². The second-order valence-corrected chi connectivity index (χ2v) is 10.6. The standard InChI is InChI=1S/C27H30ClF2N3O4/c1-26(2,3)36-25(34)33-13-11-27(35,17-8-9-20(29)21(30)14-17)19(15-33)23-22(28)24(37-32-23)18-7-5-4-6-16(18)10-12-31/h4-9,14,19,35H,10-13,15,31H2,1-3H3/t19-,27+/m1/s1. The second kappa shape index (κ2) is 10.4. The molecule has 4 rings (SSSR count). The minimum atomic E-state index is -1.72. The van der Waals surface area contributed by atoms with Crippen LogP contribution >= 0.6 is 11.6 Å². The van der Waals surface area contributed by atoms with E-state index in [2.05, 4.69) is 5.16 Å². The topological polar surface area (TPSA) is 102 Å². The molecule has 1 aliphatic rings. The number of amides is 1.